The Labute approximate surface area is 179 Å². The van der Waals surface area contributed by atoms with Crippen molar-refractivity contribution in [3.63, 3.8) is 0 Å². The summed E-state index contributed by atoms with van der Waals surface area (Å²) in [5, 5.41) is 13.2. The highest BCUT2D eigenvalue weighted by atomic mass is 35.5. The number of amides is 1. The number of likely N-dealkylation sites (tertiary alicyclic amines) is 1. The van der Waals surface area contributed by atoms with Crippen molar-refractivity contribution < 1.29 is 19.4 Å². The summed E-state index contributed by atoms with van der Waals surface area (Å²) in [5.74, 6) is -1.10. The molecule has 1 fully saturated rings. The summed E-state index contributed by atoms with van der Waals surface area (Å²) in [6.07, 6.45) is 0. The van der Waals surface area contributed by atoms with Crippen LogP contribution in [0.2, 0.25) is 5.02 Å². The Morgan fingerprint density at radius 2 is 2.07 bits per heavy atom. The van der Waals surface area contributed by atoms with Gasteiger partial charge in [-0.25, -0.2) is 0 Å². The van der Waals surface area contributed by atoms with E-state index >= 15 is 0 Å². The molecule has 1 aliphatic rings. The highest BCUT2D eigenvalue weighted by molar-refractivity contribution is 7.10. The van der Waals surface area contributed by atoms with Crippen LogP contribution in [-0.4, -0.2) is 60.4 Å². The molecule has 2 heterocycles. The van der Waals surface area contributed by atoms with Crippen molar-refractivity contribution in [2.75, 3.05) is 33.8 Å². The number of hydrogen-bond acceptors (Lipinski definition) is 6. The van der Waals surface area contributed by atoms with Crippen molar-refractivity contribution in [1.82, 2.24) is 9.80 Å². The zero-order chi connectivity index (χ0) is 21.1. The van der Waals surface area contributed by atoms with Crippen LogP contribution in [0.3, 0.4) is 0 Å². The number of aliphatic hydroxyl groups is 1. The highest BCUT2D eigenvalue weighted by Crippen LogP contribution is 2.42. The number of nitrogens with zero attached hydrogens (tertiary/aromatic N) is 2. The molecule has 0 saturated carbocycles. The van der Waals surface area contributed by atoms with Gasteiger partial charge in [0.25, 0.3) is 11.7 Å². The molecule has 29 heavy (non-hydrogen) atoms. The second-order valence-corrected chi connectivity index (χ2v) is 8.27. The van der Waals surface area contributed by atoms with Gasteiger partial charge in [0.1, 0.15) is 11.5 Å². The molecule has 1 atom stereocenters. The highest BCUT2D eigenvalue weighted by Gasteiger charge is 2.46. The first-order chi connectivity index (χ1) is 13.8. The quantitative estimate of drug-likeness (QED) is 0.408. The lowest BCUT2D eigenvalue weighted by Gasteiger charge is -2.25. The second kappa shape index (κ2) is 8.98. The van der Waals surface area contributed by atoms with Crippen molar-refractivity contribution in [2.24, 2.45) is 0 Å². The van der Waals surface area contributed by atoms with Gasteiger partial charge in [0.2, 0.25) is 0 Å². The van der Waals surface area contributed by atoms with Crippen LogP contribution in [0, 0.1) is 0 Å². The number of ether oxygens (including phenoxy) is 1. The molecular formula is C21H23ClN2O4S. The molecule has 3 rings (SSSR count). The molecule has 2 aromatic rings. The predicted molar refractivity (Wildman–Crippen MR) is 115 cm³/mol. The molecule has 0 radical (unpaired) electrons. The van der Waals surface area contributed by atoms with E-state index in [4.69, 9.17) is 16.3 Å². The van der Waals surface area contributed by atoms with E-state index in [0.29, 0.717) is 25.4 Å². The van der Waals surface area contributed by atoms with Crippen molar-refractivity contribution in [2.45, 2.75) is 13.0 Å². The number of halogens is 1. The number of carbonyl (C=O) groups is 2. The van der Waals surface area contributed by atoms with E-state index < -0.39 is 17.7 Å². The van der Waals surface area contributed by atoms with Crippen LogP contribution in [0.25, 0.3) is 5.76 Å². The van der Waals surface area contributed by atoms with Crippen LogP contribution in [0.1, 0.15) is 23.4 Å². The van der Waals surface area contributed by atoms with Crippen molar-refractivity contribution in [1.29, 1.82) is 0 Å². The third-order valence-electron chi connectivity index (χ3n) is 4.64. The summed E-state index contributed by atoms with van der Waals surface area (Å²) in [4.78, 5) is 30.0. The van der Waals surface area contributed by atoms with Gasteiger partial charge in [-0.05, 0) is 50.7 Å². The zero-order valence-electron chi connectivity index (χ0n) is 16.5. The van der Waals surface area contributed by atoms with Gasteiger partial charge in [0.05, 0.1) is 23.2 Å². The minimum atomic E-state index is -0.711. The number of likely N-dealkylation sites (N-methyl/N-ethyl adjacent to an activating group) is 1. The molecular weight excluding hydrogens is 412 g/mol. The molecule has 8 heteroatoms. The van der Waals surface area contributed by atoms with E-state index in [1.54, 1.807) is 18.2 Å². The summed E-state index contributed by atoms with van der Waals surface area (Å²) in [5.41, 5.74) is 0.316. The molecule has 0 bridgehead atoms. The van der Waals surface area contributed by atoms with Gasteiger partial charge in [0, 0.05) is 23.5 Å². The fraction of sp³-hybridized carbons (Fsp3) is 0.333. The monoisotopic (exact) mass is 434 g/mol. The number of aliphatic hydroxyl groups excluding tert-OH is 1. The zero-order valence-corrected chi connectivity index (χ0v) is 18.1. The summed E-state index contributed by atoms with van der Waals surface area (Å²) in [6, 6.07) is 7.94. The van der Waals surface area contributed by atoms with Gasteiger partial charge in [0.15, 0.2) is 0 Å². The third kappa shape index (κ3) is 4.32. The van der Waals surface area contributed by atoms with E-state index in [9.17, 15) is 14.7 Å². The minimum Gasteiger partial charge on any atom is -0.507 e. The maximum absolute atomic E-state index is 12.9. The van der Waals surface area contributed by atoms with Gasteiger partial charge in [-0.3, -0.25) is 9.59 Å². The lowest BCUT2D eigenvalue weighted by Crippen LogP contribution is -2.35. The maximum Gasteiger partial charge on any atom is 0.295 e. The number of Topliss-reactive ketones (excluding diaryl/α,β-unsaturated/α-hetero) is 1. The van der Waals surface area contributed by atoms with E-state index in [1.807, 2.05) is 43.4 Å². The first-order valence-corrected chi connectivity index (χ1v) is 10.5. The van der Waals surface area contributed by atoms with Gasteiger partial charge in [-0.15, -0.1) is 11.3 Å². The first-order valence-electron chi connectivity index (χ1n) is 9.24. The van der Waals surface area contributed by atoms with Crippen molar-refractivity contribution in [3.05, 3.63) is 56.7 Å². The molecule has 1 amide bonds. The molecule has 1 unspecified atom stereocenters. The van der Waals surface area contributed by atoms with Gasteiger partial charge in [-0.1, -0.05) is 17.7 Å². The van der Waals surface area contributed by atoms with E-state index in [2.05, 4.69) is 0 Å². The number of thiophene rings is 1. The van der Waals surface area contributed by atoms with E-state index in [1.165, 1.54) is 16.2 Å². The Kier molecular flexibility index (Phi) is 6.62. The summed E-state index contributed by atoms with van der Waals surface area (Å²) in [6.45, 7) is 3.26. The number of carbonyl (C=O) groups excluding carboxylic acids is 2. The van der Waals surface area contributed by atoms with Crippen molar-refractivity contribution >= 4 is 40.4 Å². The largest absolute Gasteiger partial charge is 0.507 e. The van der Waals surface area contributed by atoms with Crippen molar-refractivity contribution in [3.8, 4) is 5.75 Å². The molecule has 1 saturated heterocycles. The minimum absolute atomic E-state index is 0.0479. The Morgan fingerprint density at radius 3 is 2.69 bits per heavy atom. The molecule has 1 aromatic carbocycles. The average Bonchev–Trinajstić information content (AvgIpc) is 3.29. The Hall–Kier alpha value is -2.35. The predicted octanol–water partition coefficient (Wildman–Crippen LogP) is 3.78. The Morgan fingerprint density at radius 1 is 1.31 bits per heavy atom. The van der Waals surface area contributed by atoms with E-state index in [0.717, 1.165) is 4.88 Å². The average molecular weight is 435 g/mol. The second-order valence-electron chi connectivity index (χ2n) is 6.89. The smallest absolute Gasteiger partial charge is 0.295 e. The first kappa shape index (κ1) is 21.4. The topological polar surface area (TPSA) is 70.1 Å². The van der Waals surface area contributed by atoms with Crippen LogP contribution in [0.15, 0.2) is 41.3 Å². The van der Waals surface area contributed by atoms with Crippen LogP contribution >= 0.6 is 22.9 Å². The summed E-state index contributed by atoms with van der Waals surface area (Å²) >= 11 is 7.73. The lowest BCUT2D eigenvalue weighted by atomic mass is 9.99. The normalized spacial score (nSPS) is 18.7. The molecule has 0 spiro atoms. The molecule has 1 aromatic heterocycles. The molecule has 1 N–H and O–H groups in total. The molecule has 6 nitrogen and oxygen atoms in total. The maximum atomic E-state index is 12.9. The number of rotatable bonds is 7. The third-order valence-corrected chi connectivity index (χ3v) is 5.90. The van der Waals surface area contributed by atoms with Crippen LogP contribution < -0.4 is 4.74 Å². The molecule has 1 aliphatic heterocycles. The van der Waals surface area contributed by atoms with Crippen LogP contribution in [0.4, 0.5) is 0 Å². The lowest BCUT2D eigenvalue weighted by molar-refractivity contribution is -0.140. The van der Waals surface area contributed by atoms with E-state index in [-0.39, 0.29) is 21.9 Å². The van der Waals surface area contributed by atoms with Gasteiger partial charge in [-0.2, -0.15) is 0 Å². The SMILES string of the molecule is CCOc1ccc(Cl)c(/C(O)=C2/C(=O)C(=O)N(CCN(C)C)C2c2cccs2)c1. The summed E-state index contributed by atoms with van der Waals surface area (Å²) < 4.78 is 5.49. The fourth-order valence-corrected chi connectivity index (χ4v) is 4.30. The number of hydrogen-bond donors (Lipinski definition) is 1. The molecule has 0 aliphatic carbocycles. The Balaban J connectivity index is 2.13. The number of benzene rings is 1. The van der Waals surface area contributed by atoms with Crippen LogP contribution in [-0.2, 0) is 9.59 Å². The van der Waals surface area contributed by atoms with Gasteiger partial charge < -0.3 is 19.6 Å². The number of ketones is 1. The molecule has 154 valence electrons. The standard InChI is InChI=1S/C21H23ClN2O4S/c1-4-28-13-7-8-15(22)14(12-13)19(25)17-18(16-6-5-11-29-16)24(10-9-23(2)3)21(27)20(17)26/h5-8,11-12,18,25H,4,9-10H2,1-3H3/b19-17-. The Bertz CT molecular complexity index is 940. The van der Waals surface area contributed by atoms with Crippen LogP contribution in [0.5, 0.6) is 5.75 Å². The fourth-order valence-electron chi connectivity index (χ4n) is 3.25. The van der Waals surface area contributed by atoms with Gasteiger partial charge >= 0.3 is 0 Å². The summed E-state index contributed by atoms with van der Waals surface area (Å²) in [7, 11) is 3.80.